The fraction of sp³-hybridized carbons (Fsp3) is 0.318. The molecule has 1 aromatic heterocycles. The zero-order valence-corrected chi connectivity index (χ0v) is 18.3. The van der Waals surface area contributed by atoms with Gasteiger partial charge in [-0.15, -0.1) is 10.2 Å². The summed E-state index contributed by atoms with van der Waals surface area (Å²) in [5.41, 5.74) is 1.62. The van der Waals surface area contributed by atoms with Crippen LogP contribution in [0.15, 0.2) is 47.6 Å². The van der Waals surface area contributed by atoms with E-state index in [0.29, 0.717) is 30.7 Å². The minimum Gasteiger partial charge on any atom is -0.497 e. The average molecular weight is 441 g/mol. The number of aromatic nitrogens is 3. The molecule has 2 aromatic carbocycles. The van der Waals surface area contributed by atoms with Gasteiger partial charge in [-0.25, -0.2) is 0 Å². The maximum Gasteiger partial charge on any atom is 0.234 e. The summed E-state index contributed by atoms with van der Waals surface area (Å²) in [7, 11) is 1.61. The molecule has 1 aliphatic rings. The van der Waals surface area contributed by atoms with Gasteiger partial charge in [-0.05, 0) is 49.4 Å². The number of methoxy groups -OCH3 is 1. The Bertz CT molecular complexity index is 1050. The molecule has 0 aliphatic carbocycles. The number of amides is 1. The number of hydrogen-bond acceptors (Lipinski definition) is 7. The van der Waals surface area contributed by atoms with Crippen LogP contribution < -0.4 is 19.5 Å². The highest BCUT2D eigenvalue weighted by Crippen LogP contribution is 2.34. The SMILES string of the molecule is CCn1c(SCC(=O)Nc2ccc(OC)cc2)nnc1-c1ccc2c(c1)OCCCO2. The Balaban J connectivity index is 1.44. The van der Waals surface area contributed by atoms with Crippen molar-refractivity contribution in [2.75, 3.05) is 31.4 Å². The summed E-state index contributed by atoms with van der Waals surface area (Å²) in [6, 6.07) is 13.0. The van der Waals surface area contributed by atoms with E-state index in [4.69, 9.17) is 14.2 Å². The summed E-state index contributed by atoms with van der Waals surface area (Å²) < 4.78 is 18.6. The first-order chi connectivity index (χ1) is 15.2. The van der Waals surface area contributed by atoms with Crippen molar-refractivity contribution in [3.63, 3.8) is 0 Å². The van der Waals surface area contributed by atoms with Crippen LogP contribution in [0.1, 0.15) is 13.3 Å². The van der Waals surface area contributed by atoms with Crippen molar-refractivity contribution in [2.45, 2.75) is 25.0 Å². The highest BCUT2D eigenvalue weighted by molar-refractivity contribution is 7.99. The highest BCUT2D eigenvalue weighted by atomic mass is 32.2. The largest absolute Gasteiger partial charge is 0.497 e. The van der Waals surface area contributed by atoms with Crippen LogP contribution in [0.5, 0.6) is 17.2 Å². The minimum atomic E-state index is -0.113. The predicted octanol–water partition coefficient (Wildman–Crippen LogP) is 3.87. The third-order valence-electron chi connectivity index (χ3n) is 4.74. The number of nitrogens with zero attached hydrogens (tertiary/aromatic N) is 3. The first-order valence-corrected chi connectivity index (χ1v) is 11.1. The number of thioether (sulfide) groups is 1. The maximum atomic E-state index is 12.4. The van der Waals surface area contributed by atoms with Crippen LogP contribution in [-0.4, -0.2) is 46.7 Å². The lowest BCUT2D eigenvalue weighted by Crippen LogP contribution is -2.14. The Morgan fingerprint density at radius 2 is 1.90 bits per heavy atom. The molecule has 0 spiro atoms. The molecule has 0 radical (unpaired) electrons. The van der Waals surface area contributed by atoms with Gasteiger partial charge in [0.15, 0.2) is 22.5 Å². The van der Waals surface area contributed by atoms with Gasteiger partial charge >= 0.3 is 0 Å². The van der Waals surface area contributed by atoms with Crippen molar-refractivity contribution in [3.8, 4) is 28.6 Å². The van der Waals surface area contributed by atoms with E-state index in [1.165, 1.54) is 11.8 Å². The van der Waals surface area contributed by atoms with Crippen LogP contribution in [0.25, 0.3) is 11.4 Å². The topological polar surface area (TPSA) is 87.5 Å². The van der Waals surface area contributed by atoms with E-state index in [2.05, 4.69) is 15.5 Å². The first kappa shape index (κ1) is 21.0. The molecule has 0 bridgehead atoms. The van der Waals surface area contributed by atoms with E-state index < -0.39 is 0 Å². The van der Waals surface area contributed by atoms with Gasteiger partial charge in [-0.1, -0.05) is 11.8 Å². The van der Waals surface area contributed by atoms with Crippen molar-refractivity contribution < 1.29 is 19.0 Å². The maximum absolute atomic E-state index is 12.4. The molecular formula is C22H24N4O4S. The number of carbonyl (C=O) groups excluding carboxylic acids is 1. The fourth-order valence-electron chi connectivity index (χ4n) is 3.20. The lowest BCUT2D eigenvalue weighted by atomic mass is 10.2. The number of ether oxygens (including phenoxy) is 3. The molecule has 8 nitrogen and oxygen atoms in total. The van der Waals surface area contributed by atoms with Crippen LogP contribution in [-0.2, 0) is 11.3 Å². The average Bonchev–Trinajstić information content (AvgIpc) is 3.06. The summed E-state index contributed by atoms with van der Waals surface area (Å²) in [5.74, 6) is 3.05. The lowest BCUT2D eigenvalue weighted by molar-refractivity contribution is -0.113. The third-order valence-corrected chi connectivity index (χ3v) is 5.71. The monoisotopic (exact) mass is 440 g/mol. The van der Waals surface area contributed by atoms with Crippen molar-refractivity contribution in [2.24, 2.45) is 0 Å². The van der Waals surface area contributed by atoms with Crippen molar-refractivity contribution >= 4 is 23.4 Å². The molecule has 1 N–H and O–H groups in total. The summed E-state index contributed by atoms with van der Waals surface area (Å²) in [6.45, 7) is 3.98. The Labute approximate surface area is 184 Å². The number of nitrogens with one attached hydrogen (secondary N) is 1. The zero-order chi connectivity index (χ0) is 21.6. The molecule has 4 rings (SSSR count). The van der Waals surface area contributed by atoms with Crippen LogP contribution in [0.2, 0.25) is 0 Å². The molecule has 1 amide bonds. The molecule has 0 saturated heterocycles. The van der Waals surface area contributed by atoms with Gasteiger partial charge in [0.2, 0.25) is 5.91 Å². The van der Waals surface area contributed by atoms with Gasteiger partial charge in [-0.3, -0.25) is 4.79 Å². The second kappa shape index (κ2) is 9.74. The normalized spacial score (nSPS) is 12.8. The number of carbonyl (C=O) groups is 1. The van der Waals surface area contributed by atoms with E-state index in [-0.39, 0.29) is 11.7 Å². The Hall–Kier alpha value is -3.20. The second-order valence-electron chi connectivity index (χ2n) is 6.83. The van der Waals surface area contributed by atoms with Crippen molar-refractivity contribution in [3.05, 3.63) is 42.5 Å². The van der Waals surface area contributed by atoms with Gasteiger partial charge < -0.3 is 24.1 Å². The summed E-state index contributed by atoms with van der Waals surface area (Å²) >= 11 is 1.35. The Morgan fingerprint density at radius 3 is 2.65 bits per heavy atom. The summed E-state index contributed by atoms with van der Waals surface area (Å²) in [5, 5.41) is 12.2. The van der Waals surface area contributed by atoms with Crippen molar-refractivity contribution in [1.82, 2.24) is 14.8 Å². The van der Waals surface area contributed by atoms with Crippen LogP contribution in [0.4, 0.5) is 5.69 Å². The molecule has 31 heavy (non-hydrogen) atoms. The molecule has 0 atom stereocenters. The standard InChI is InChI=1S/C22H24N4O4S/c1-3-26-21(15-5-10-18-19(13-15)30-12-4-11-29-18)24-25-22(26)31-14-20(27)23-16-6-8-17(28-2)9-7-16/h5-10,13H,3-4,11-12,14H2,1-2H3,(H,23,27). The van der Waals surface area contributed by atoms with Gasteiger partial charge in [0, 0.05) is 24.2 Å². The summed E-state index contributed by atoms with van der Waals surface area (Å²) in [6.07, 6.45) is 0.856. The fourth-order valence-corrected chi connectivity index (χ4v) is 4.00. The van der Waals surface area contributed by atoms with E-state index in [9.17, 15) is 4.79 Å². The van der Waals surface area contributed by atoms with Crippen LogP contribution >= 0.6 is 11.8 Å². The van der Waals surface area contributed by atoms with E-state index in [1.807, 2.05) is 29.7 Å². The second-order valence-corrected chi connectivity index (χ2v) is 7.77. The van der Waals surface area contributed by atoms with E-state index in [0.717, 1.165) is 35.0 Å². The van der Waals surface area contributed by atoms with Gasteiger partial charge in [0.25, 0.3) is 0 Å². The molecular weight excluding hydrogens is 416 g/mol. The smallest absolute Gasteiger partial charge is 0.234 e. The Morgan fingerprint density at radius 1 is 1.13 bits per heavy atom. The number of fused-ring (bicyclic) bond motifs is 1. The molecule has 2 heterocycles. The molecule has 0 unspecified atom stereocenters. The molecule has 9 heteroatoms. The quantitative estimate of drug-likeness (QED) is 0.558. The number of benzene rings is 2. The molecule has 0 saturated carbocycles. The van der Waals surface area contributed by atoms with Gasteiger partial charge in [0.1, 0.15) is 5.75 Å². The molecule has 1 aliphatic heterocycles. The number of anilines is 1. The highest BCUT2D eigenvalue weighted by Gasteiger charge is 2.18. The van der Waals surface area contributed by atoms with Gasteiger partial charge in [-0.2, -0.15) is 0 Å². The first-order valence-electron chi connectivity index (χ1n) is 10.1. The lowest BCUT2D eigenvalue weighted by Gasteiger charge is -2.11. The van der Waals surface area contributed by atoms with E-state index in [1.54, 1.807) is 31.4 Å². The zero-order valence-electron chi connectivity index (χ0n) is 17.5. The van der Waals surface area contributed by atoms with Crippen LogP contribution in [0.3, 0.4) is 0 Å². The summed E-state index contributed by atoms with van der Waals surface area (Å²) in [4.78, 5) is 12.4. The van der Waals surface area contributed by atoms with Crippen molar-refractivity contribution in [1.29, 1.82) is 0 Å². The Kier molecular flexibility index (Phi) is 6.61. The van der Waals surface area contributed by atoms with Crippen LogP contribution in [0, 0.1) is 0 Å². The number of hydrogen-bond donors (Lipinski definition) is 1. The molecule has 0 fully saturated rings. The third kappa shape index (κ3) is 4.93. The van der Waals surface area contributed by atoms with E-state index >= 15 is 0 Å². The number of rotatable bonds is 7. The van der Waals surface area contributed by atoms with Gasteiger partial charge in [0.05, 0.1) is 26.1 Å². The molecule has 162 valence electrons. The minimum absolute atomic E-state index is 0.113. The molecule has 3 aromatic rings. The predicted molar refractivity (Wildman–Crippen MR) is 119 cm³/mol.